The van der Waals surface area contributed by atoms with E-state index >= 15 is 0 Å². The van der Waals surface area contributed by atoms with E-state index in [9.17, 15) is 0 Å². The smallest absolute Gasteiger partial charge is 0.0119 e. The molecule has 1 aliphatic rings. The highest BCUT2D eigenvalue weighted by Crippen LogP contribution is 2.34. The first-order valence-electron chi connectivity index (χ1n) is 5.92. The maximum Gasteiger partial charge on any atom is 0.0119 e. The van der Waals surface area contributed by atoms with Crippen molar-refractivity contribution in [3.63, 3.8) is 0 Å². The zero-order valence-corrected chi connectivity index (χ0v) is 10.8. The predicted molar refractivity (Wildman–Crippen MR) is 63.4 cm³/mol. The van der Waals surface area contributed by atoms with E-state index in [0.717, 1.165) is 12.0 Å². The van der Waals surface area contributed by atoms with Crippen LogP contribution in [0.25, 0.3) is 0 Å². The van der Waals surface area contributed by atoms with Crippen LogP contribution in [0.4, 0.5) is 0 Å². The van der Waals surface area contributed by atoms with Gasteiger partial charge in [0.25, 0.3) is 0 Å². The van der Waals surface area contributed by atoms with E-state index < -0.39 is 0 Å². The summed E-state index contributed by atoms with van der Waals surface area (Å²) < 4.78 is 0. The van der Waals surface area contributed by atoms with Gasteiger partial charge in [0, 0.05) is 6.04 Å². The summed E-state index contributed by atoms with van der Waals surface area (Å²) in [6.07, 6.45) is 2.72. The van der Waals surface area contributed by atoms with Crippen LogP contribution in [0.3, 0.4) is 0 Å². The Balaban J connectivity index is 2.42. The quantitative estimate of drug-likeness (QED) is 0.679. The van der Waals surface area contributed by atoms with E-state index in [1.165, 1.54) is 19.4 Å². The van der Waals surface area contributed by atoms with Crippen molar-refractivity contribution in [2.24, 2.45) is 16.7 Å². The molecule has 0 radical (unpaired) electrons. The molecule has 0 bridgehead atoms. The minimum Gasteiger partial charge on any atom is -0.313 e. The van der Waals surface area contributed by atoms with Gasteiger partial charge in [0.15, 0.2) is 0 Å². The minimum atomic E-state index is 0.423. The molecule has 0 aliphatic carbocycles. The molecular weight excluding hydrogens is 170 g/mol. The molecule has 1 nitrogen and oxygen atoms in total. The van der Waals surface area contributed by atoms with Gasteiger partial charge in [-0.15, -0.1) is 0 Å². The van der Waals surface area contributed by atoms with Gasteiger partial charge in [-0.2, -0.15) is 0 Å². The topological polar surface area (TPSA) is 12.0 Å². The maximum absolute atomic E-state index is 3.67. The van der Waals surface area contributed by atoms with Crippen molar-refractivity contribution >= 4 is 0 Å². The Hall–Kier alpha value is -0.0400. The van der Waals surface area contributed by atoms with Crippen LogP contribution in [0.1, 0.15) is 54.4 Å². The molecule has 0 amide bonds. The highest BCUT2D eigenvalue weighted by molar-refractivity contribution is 4.90. The summed E-state index contributed by atoms with van der Waals surface area (Å²) >= 11 is 0. The third kappa shape index (κ3) is 3.61. The Morgan fingerprint density at radius 2 is 1.64 bits per heavy atom. The standard InChI is InChI=1S/C13H27N/c1-12(2,3)8-10-7-11(14-9-10)13(4,5)6/h10-11,14H,7-9H2,1-6H3. The number of hydrogen-bond acceptors (Lipinski definition) is 1. The molecule has 2 unspecified atom stereocenters. The van der Waals surface area contributed by atoms with Gasteiger partial charge >= 0.3 is 0 Å². The van der Waals surface area contributed by atoms with Gasteiger partial charge in [0.2, 0.25) is 0 Å². The summed E-state index contributed by atoms with van der Waals surface area (Å²) in [7, 11) is 0. The summed E-state index contributed by atoms with van der Waals surface area (Å²) in [5, 5.41) is 3.67. The van der Waals surface area contributed by atoms with Gasteiger partial charge in [0.1, 0.15) is 0 Å². The third-order valence-corrected chi connectivity index (χ3v) is 3.17. The fourth-order valence-electron chi connectivity index (χ4n) is 2.49. The van der Waals surface area contributed by atoms with Crippen molar-refractivity contribution in [3.8, 4) is 0 Å². The summed E-state index contributed by atoms with van der Waals surface area (Å²) in [5.74, 6) is 0.888. The van der Waals surface area contributed by atoms with Gasteiger partial charge in [-0.25, -0.2) is 0 Å². The third-order valence-electron chi connectivity index (χ3n) is 3.17. The lowest BCUT2D eigenvalue weighted by molar-refractivity contribution is 0.268. The molecule has 1 saturated heterocycles. The molecule has 14 heavy (non-hydrogen) atoms. The fourth-order valence-corrected chi connectivity index (χ4v) is 2.49. The lowest BCUT2D eigenvalue weighted by Gasteiger charge is -2.27. The SMILES string of the molecule is CC(C)(C)CC1CNC(C(C)(C)C)C1. The van der Waals surface area contributed by atoms with Crippen LogP contribution in [-0.4, -0.2) is 12.6 Å². The Bertz CT molecular complexity index is 182. The van der Waals surface area contributed by atoms with Gasteiger partial charge in [-0.3, -0.25) is 0 Å². The number of hydrogen-bond donors (Lipinski definition) is 1. The van der Waals surface area contributed by atoms with Crippen LogP contribution in [0.2, 0.25) is 0 Å². The van der Waals surface area contributed by atoms with Gasteiger partial charge in [0.05, 0.1) is 0 Å². The molecule has 1 N–H and O–H groups in total. The average molecular weight is 197 g/mol. The van der Waals surface area contributed by atoms with Crippen molar-refractivity contribution in [1.29, 1.82) is 0 Å². The van der Waals surface area contributed by atoms with Crippen LogP contribution in [-0.2, 0) is 0 Å². The van der Waals surface area contributed by atoms with Crippen LogP contribution >= 0.6 is 0 Å². The molecule has 1 aliphatic heterocycles. The number of nitrogens with one attached hydrogen (secondary N) is 1. The molecule has 0 aromatic carbocycles. The zero-order valence-electron chi connectivity index (χ0n) is 10.8. The average Bonchev–Trinajstić information content (AvgIpc) is 2.29. The largest absolute Gasteiger partial charge is 0.313 e. The molecule has 1 rings (SSSR count). The van der Waals surface area contributed by atoms with Crippen LogP contribution in [0.5, 0.6) is 0 Å². The summed E-state index contributed by atoms with van der Waals surface area (Å²) in [5.41, 5.74) is 0.908. The lowest BCUT2D eigenvalue weighted by atomic mass is 9.79. The maximum atomic E-state index is 3.67. The molecule has 1 heterocycles. The first-order valence-corrected chi connectivity index (χ1v) is 5.92. The molecule has 1 heteroatoms. The second-order valence-corrected chi connectivity index (χ2v) is 7.19. The molecule has 84 valence electrons. The first kappa shape index (κ1) is 12.0. The molecule has 0 spiro atoms. The fraction of sp³-hybridized carbons (Fsp3) is 1.00. The lowest BCUT2D eigenvalue weighted by Crippen LogP contribution is -2.34. The Morgan fingerprint density at radius 1 is 1.07 bits per heavy atom. The van der Waals surface area contributed by atoms with Crippen LogP contribution in [0.15, 0.2) is 0 Å². The Labute approximate surface area is 89.7 Å². The van der Waals surface area contributed by atoms with E-state index in [4.69, 9.17) is 0 Å². The highest BCUT2D eigenvalue weighted by Gasteiger charge is 2.33. The second-order valence-electron chi connectivity index (χ2n) is 7.19. The van der Waals surface area contributed by atoms with Crippen molar-refractivity contribution in [3.05, 3.63) is 0 Å². The van der Waals surface area contributed by atoms with E-state index in [0.29, 0.717) is 10.8 Å². The van der Waals surface area contributed by atoms with E-state index in [2.05, 4.69) is 46.9 Å². The molecule has 0 saturated carbocycles. The molecule has 2 atom stereocenters. The van der Waals surface area contributed by atoms with Crippen molar-refractivity contribution in [2.45, 2.75) is 60.4 Å². The molecular formula is C13H27N. The van der Waals surface area contributed by atoms with E-state index in [-0.39, 0.29) is 0 Å². The van der Waals surface area contributed by atoms with Crippen LogP contribution in [0, 0.1) is 16.7 Å². The van der Waals surface area contributed by atoms with Gasteiger partial charge < -0.3 is 5.32 Å². The Kier molecular flexibility index (Phi) is 3.30. The first-order chi connectivity index (χ1) is 6.18. The van der Waals surface area contributed by atoms with Gasteiger partial charge in [-0.05, 0) is 36.1 Å². The molecule has 0 aromatic heterocycles. The molecule has 1 fully saturated rings. The van der Waals surface area contributed by atoms with Crippen LogP contribution < -0.4 is 5.32 Å². The van der Waals surface area contributed by atoms with Crippen molar-refractivity contribution < 1.29 is 0 Å². The van der Waals surface area contributed by atoms with Gasteiger partial charge in [-0.1, -0.05) is 41.5 Å². The highest BCUT2D eigenvalue weighted by atomic mass is 15.0. The normalized spacial score (nSPS) is 29.6. The number of rotatable bonds is 1. The second kappa shape index (κ2) is 3.84. The Morgan fingerprint density at radius 3 is 2.00 bits per heavy atom. The van der Waals surface area contributed by atoms with E-state index in [1.54, 1.807) is 0 Å². The monoisotopic (exact) mass is 197 g/mol. The van der Waals surface area contributed by atoms with E-state index in [1.807, 2.05) is 0 Å². The van der Waals surface area contributed by atoms with Crippen molar-refractivity contribution in [2.75, 3.05) is 6.54 Å². The zero-order chi connectivity index (χ0) is 11.0. The molecule has 0 aromatic rings. The van der Waals surface area contributed by atoms with Crippen molar-refractivity contribution in [1.82, 2.24) is 5.32 Å². The summed E-state index contributed by atoms with van der Waals surface area (Å²) in [6.45, 7) is 15.3. The summed E-state index contributed by atoms with van der Waals surface area (Å²) in [6, 6.07) is 0.717. The minimum absolute atomic E-state index is 0.423. The predicted octanol–water partition coefficient (Wildman–Crippen LogP) is 3.45. The summed E-state index contributed by atoms with van der Waals surface area (Å²) in [4.78, 5) is 0.